The summed E-state index contributed by atoms with van der Waals surface area (Å²) in [6.07, 6.45) is 3.61. The Labute approximate surface area is 237 Å². The van der Waals surface area contributed by atoms with Crippen LogP contribution in [0.3, 0.4) is 0 Å². The van der Waals surface area contributed by atoms with Gasteiger partial charge in [-0.25, -0.2) is 9.97 Å². The van der Waals surface area contributed by atoms with Crippen LogP contribution in [0.2, 0.25) is 5.15 Å². The number of fused-ring (bicyclic) bond motifs is 2. The number of morpholine rings is 1. The predicted octanol–water partition coefficient (Wildman–Crippen LogP) is 4.50. The molecule has 9 nitrogen and oxygen atoms in total. The van der Waals surface area contributed by atoms with Gasteiger partial charge in [-0.2, -0.15) is 0 Å². The summed E-state index contributed by atoms with van der Waals surface area (Å²) in [5.74, 6) is 0.462. The third-order valence-electron chi connectivity index (χ3n) is 7.62. The van der Waals surface area contributed by atoms with Gasteiger partial charge in [-0.1, -0.05) is 41.9 Å². The van der Waals surface area contributed by atoms with Gasteiger partial charge in [0.15, 0.2) is 0 Å². The van der Waals surface area contributed by atoms with E-state index in [9.17, 15) is 9.59 Å². The maximum Gasteiger partial charge on any atom is 0.271 e. The zero-order valence-corrected chi connectivity index (χ0v) is 23.3. The molecule has 0 aliphatic carbocycles. The van der Waals surface area contributed by atoms with E-state index in [0.717, 1.165) is 35.2 Å². The van der Waals surface area contributed by atoms with Crippen LogP contribution >= 0.6 is 11.6 Å². The lowest BCUT2D eigenvalue weighted by Gasteiger charge is -2.34. The number of nitrogens with one attached hydrogen (secondary N) is 1. The molecule has 6 rings (SSSR count). The van der Waals surface area contributed by atoms with E-state index in [1.807, 2.05) is 17.0 Å². The molecule has 2 aromatic carbocycles. The van der Waals surface area contributed by atoms with Gasteiger partial charge in [0.1, 0.15) is 16.5 Å². The molecule has 1 atom stereocenters. The van der Waals surface area contributed by atoms with E-state index in [0.29, 0.717) is 55.3 Å². The summed E-state index contributed by atoms with van der Waals surface area (Å²) < 4.78 is 7.25. The Morgan fingerprint density at radius 2 is 1.80 bits per heavy atom. The number of benzene rings is 2. The number of hydrogen-bond acceptors (Lipinski definition) is 6. The van der Waals surface area contributed by atoms with Gasteiger partial charge in [-0.3, -0.25) is 14.0 Å². The summed E-state index contributed by atoms with van der Waals surface area (Å²) >= 11 is 6.25. The Balaban J connectivity index is 1.14. The van der Waals surface area contributed by atoms with E-state index in [2.05, 4.69) is 57.4 Å². The fourth-order valence-corrected chi connectivity index (χ4v) is 5.71. The normalized spacial score (nSPS) is 17.1. The van der Waals surface area contributed by atoms with Gasteiger partial charge in [0.2, 0.25) is 11.9 Å². The zero-order chi connectivity index (χ0) is 27.8. The average molecular weight is 559 g/mol. The standard InChI is InChI=1S/C30H31ClN6O3/c1-19-3-6-24-15-23(9-10-26(24)37(19)20(2)38)22-7-4-21(5-8-22)17-32-29(39)25-18-36-28(33-25)16-27(31)34-30(36)35-11-13-40-14-12-35/h4-5,7-10,15-16,18-19H,3,6,11-14,17H2,1-2H3,(H,32,39)/t19-/m0/s1. The maximum atomic E-state index is 13.0. The lowest BCUT2D eigenvalue weighted by Crippen LogP contribution is -2.40. The Kier molecular flexibility index (Phi) is 7.16. The molecule has 1 N–H and O–H groups in total. The molecule has 1 saturated heterocycles. The van der Waals surface area contributed by atoms with Crippen molar-refractivity contribution >= 4 is 40.7 Å². The number of amides is 2. The van der Waals surface area contributed by atoms with Crippen molar-refractivity contribution in [3.63, 3.8) is 0 Å². The van der Waals surface area contributed by atoms with Gasteiger partial charge in [0, 0.05) is 50.6 Å². The number of halogens is 1. The monoisotopic (exact) mass is 558 g/mol. The van der Waals surface area contributed by atoms with Gasteiger partial charge >= 0.3 is 0 Å². The highest BCUT2D eigenvalue weighted by Gasteiger charge is 2.26. The van der Waals surface area contributed by atoms with E-state index in [4.69, 9.17) is 16.3 Å². The molecule has 0 unspecified atom stereocenters. The van der Waals surface area contributed by atoms with Crippen molar-refractivity contribution in [2.24, 2.45) is 0 Å². The predicted molar refractivity (Wildman–Crippen MR) is 155 cm³/mol. The number of rotatable bonds is 5. The molecule has 2 aliphatic rings. The van der Waals surface area contributed by atoms with E-state index >= 15 is 0 Å². The minimum Gasteiger partial charge on any atom is -0.378 e. The molecular weight excluding hydrogens is 528 g/mol. The van der Waals surface area contributed by atoms with Gasteiger partial charge < -0.3 is 19.9 Å². The Bertz CT molecular complexity index is 1580. The summed E-state index contributed by atoms with van der Waals surface area (Å²) in [6, 6.07) is 16.3. The highest BCUT2D eigenvalue weighted by Crippen LogP contribution is 2.34. The van der Waals surface area contributed by atoms with Crippen LogP contribution in [0.4, 0.5) is 11.6 Å². The highest BCUT2D eigenvalue weighted by molar-refractivity contribution is 6.29. The lowest BCUT2D eigenvalue weighted by atomic mass is 9.93. The maximum absolute atomic E-state index is 13.0. The topological polar surface area (TPSA) is 92.1 Å². The van der Waals surface area contributed by atoms with Crippen molar-refractivity contribution in [3.05, 3.63) is 76.7 Å². The second kappa shape index (κ2) is 10.9. The lowest BCUT2D eigenvalue weighted by molar-refractivity contribution is -0.117. The molecule has 2 aromatic heterocycles. The Morgan fingerprint density at radius 1 is 1.05 bits per heavy atom. The van der Waals surface area contributed by atoms with Gasteiger partial charge in [-0.15, -0.1) is 0 Å². The number of carbonyl (C=O) groups excluding carboxylic acids is 2. The third kappa shape index (κ3) is 5.14. The first-order valence-electron chi connectivity index (χ1n) is 13.6. The van der Waals surface area contributed by atoms with E-state index in [1.165, 1.54) is 5.56 Å². The van der Waals surface area contributed by atoms with Crippen LogP contribution in [-0.4, -0.2) is 58.5 Å². The van der Waals surface area contributed by atoms with E-state index in [1.54, 1.807) is 23.6 Å². The SMILES string of the molecule is CC(=O)N1c2ccc(-c3ccc(CNC(=O)c4cn5c(N6CCOCC6)nc(Cl)cc5n4)cc3)cc2CC[C@@H]1C. The molecule has 10 heteroatoms. The Hall–Kier alpha value is -3.95. The fourth-order valence-electron chi connectivity index (χ4n) is 5.54. The van der Waals surface area contributed by atoms with Crippen molar-refractivity contribution in [2.45, 2.75) is 39.3 Å². The largest absolute Gasteiger partial charge is 0.378 e. The molecule has 0 radical (unpaired) electrons. The Morgan fingerprint density at radius 3 is 2.55 bits per heavy atom. The fraction of sp³-hybridized carbons (Fsp3) is 0.333. The third-order valence-corrected chi connectivity index (χ3v) is 7.81. The molecule has 40 heavy (non-hydrogen) atoms. The summed E-state index contributed by atoms with van der Waals surface area (Å²) in [4.78, 5) is 38.1. The minimum atomic E-state index is -0.268. The first-order valence-corrected chi connectivity index (χ1v) is 13.9. The summed E-state index contributed by atoms with van der Waals surface area (Å²) in [7, 11) is 0. The number of nitrogens with zero attached hydrogens (tertiary/aromatic N) is 5. The van der Waals surface area contributed by atoms with Gasteiger partial charge in [0.05, 0.1) is 13.2 Å². The van der Waals surface area contributed by atoms with Crippen LogP contribution in [0.15, 0.2) is 54.7 Å². The summed E-state index contributed by atoms with van der Waals surface area (Å²) in [5, 5.41) is 3.30. The molecule has 206 valence electrons. The average Bonchev–Trinajstić information content (AvgIpc) is 3.40. The minimum absolute atomic E-state index is 0.0780. The highest BCUT2D eigenvalue weighted by atomic mass is 35.5. The number of aryl methyl sites for hydroxylation is 1. The number of aromatic nitrogens is 3. The second-order valence-electron chi connectivity index (χ2n) is 10.3. The van der Waals surface area contributed by atoms with Crippen molar-refractivity contribution in [1.82, 2.24) is 19.7 Å². The van der Waals surface area contributed by atoms with Crippen molar-refractivity contribution in [1.29, 1.82) is 0 Å². The number of carbonyl (C=O) groups is 2. The van der Waals surface area contributed by atoms with Crippen molar-refractivity contribution < 1.29 is 14.3 Å². The summed E-state index contributed by atoms with van der Waals surface area (Å²) in [6.45, 7) is 6.71. The smallest absolute Gasteiger partial charge is 0.271 e. The molecule has 0 bridgehead atoms. The first kappa shape index (κ1) is 26.3. The van der Waals surface area contributed by atoms with Gasteiger partial charge in [0.25, 0.3) is 5.91 Å². The molecule has 1 fully saturated rings. The quantitative estimate of drug-likeness (QED) is 0.363. The number of ether oxygens (including phenoxy) is 1. The number of hydrogen-bond donors (Lipinski definition) is 1. The van der Waals surface area contributed by atoms with Crippen molar-refractivity contribution in [3.8, 4) is 11.1 Å². The molecule has 2 aliphatic heterocycles. The van der Waals surface area contributed by atoms with Crippen LogP contribution in [0.5, 0.6) is 0 Å². The molecule has 0 spiro atoms. The second-order valence-corrected chi connectivity index (χ2v) is 10.7. The van der Waals surface area contributed by atoms with Crippen molar-refractivity contribution in [2.75, 3.05) is 36.1 Å². The molecular formula is C30H31ClN6O3. The van der Waals surface area contributed by atoms with Crippen LogP contribution in [0, 0.1) is 0 Å². The van der Waals surface area contributed by atoms with Crippen LogP contribution in [-0.2, 0) is 22.5 Å². The molecule has 4 heterocycles. The summed E-state index contributed by atoms with van der Waals surface area (Å²) in [5.41, 5.74) is 6.26. The number of imidazole rings is 1. The van der Waals surface area contributed by atoms with Crippen LogP contribution in [0.1, 0.15) is 41.9 Å². The first-order chi connectivity index (χ1) is 19.4. The zero-order valence-electron chi connectivity index (χ0n) is 22.6. The van der Waals surface area contributed by atoms with E-state index in [-0.39, 0.29) is 17.9 Å². The molecule has 4 aromatic rings. The number of anilines is 2. The van der Waals surface area contributed by atoms with E-state index < -0.39 is 0 Å². The molecule has 0 saturated carbocycles. The van der Waals surface area contributed by atoms with Crippen LogP contribution < -0.4 is 15.1 Å². The van der Waals surface area contributed by atoms with Crippen LogP contribution in [0.25, 0.3) is 16.8 Å². The van der Waals surface area contributed by atoms with Gasteiger partial charge in [-0.05, 0) is 54.2 Å². The molecule has 2 amide bonds.